The zero-order chi connectivity index (χ0) is 16.4. The van der Waals surface area contributed by atoms with Gasteiger partial charge in [-0.05, 0) is 6.07 Å². The molecule has 3 rings (SSSR count). The third-order valence-electron chi connectivity index (χ3n) is 3.50. The molecule has 8 heteroatoms. The van der Waals surface area contributed by atoms with E-state index in [2.05, 4.69) is 10.3 Å². The molecule has 0 unspecified atom stereocenters. The number of nitrogens with zero attached hydrogens (tertiary/aromatic N) is 3. The van der Waals surface area contributed by atoms with Gasteiger partial charge in [-0.1, -0.05) is 18.2 Å². The van der Waals surface area contributed by atoms with Gasteiger partial charge in [0.25, 0.3) is 5.69 Å². The van der Waals surface area contributed by atoms with E-state index >= 15 is 0 Å². The summed E-state index contributed by atoms with van der Waals surface area (Å²) >= 11 is 0. The lowest BCUT2D eigenvalue weighted by atomic mass is 10.1. The molecule has 0 aliphatic carbocycles. The van der Waals surface area contributed by atoms with Crippen molar-refractivity contribution in [3.63, 3.8) is 0 Å². The van der Waals surface area contributed by atoms with E-state index in [0.717, 1.165) is 0 Å². The number of rotatable bonds is 3. The minimum atomic E-state index is -0.524. The lowest BCUT2D eigenvalue weighted by molar-refractivity contribution is -0.385. The van der Waals surface area contributed by atoms with Crippen molar-refractivity contribution in [1.82, 2.24) is 4.98 Å². The van der Waals surface area contributed by atoms with Crippen molar-refractivity contribution in [3.05, 3.63) is 58.4 Å². The summed E-state index contributed by atoms with van der Waals surface area (Å²) in [6, 6.07) is 7.68. The van der Waals surface area contributed by atoms with E-state index in [-0.39, 0.29) is 30.5 Å². The average molecular weight is 312 g/mol. The number of anilines is 2. The van der Waals surface area contributed by atoms with Crippen LogP contribution in [0.2, 0.25) is 0 Å². The number of benzene rings is 1. The largest absolute Gasteiger partial charge is 0.321 e. The second-order valence-electron chi connectivity index (χ2n) is 4.98. The lowest BCUT2D eigenvalue weighted by Crippen LogP contribution is -2.43. The lowest BCUT2D eigenvalue weighted by Gasteiger charge is -2.28. The summed E-state index contributed by atoms with van der Waals surface area (Å²) in [5.41, 5.74) is 1.17. The van der Waals surface area contributed by atoms with Crippen molar-refractivity contribution in [1.29, 1.82) is 0 Å². The summed E-state index contributed by atoms with van der Waals surface area (Å²) in [5, 5.41) is 13.7. The van der Waals surface area contributed by atoms with Crippen LogP contribution in [-0.2, 0) is 16.0 Å². The Morgan fingerprint density at radius 3 is 2.91 bits per heavy atom. The molecule has 0 radical (unpaired) electrons. The van der Waals surface area contributed by atoms with Crippen LogP contribution in [-0.4, -0.2) is 28.3 Å². The predicted molar refractivity (Wildman–Crippen MR) is 82.0 cm³/mol. The maximum atomic E-state index is 12.6. The highest BCUT2D eigenvalue weighted by atomic mass is 16.6. The number of carbonyl (C=O) groups is 2. The number of carbonyl (C=O) groups excluding carboxylic acids is 2. The van der Waals surface area contributed by atoms with Crippen LogP contribution < -0.4 is 10.2 Å². The van der Waals surface area contributed by atoms with Gasteiger partial charge in [0.1, 0.15) is 6.54 Å². The third kappa shape index (κ3) is 2.86. The van der Waals surface area contributed by atoms with Gasteiger partial charge in [0.05, 0.1) is 28.9 Å². The topological polar surface area (TPSA) is 105 Å². The van der Waals surface area contributed by atoms with E-state index in [1.807, 2.05) is 0 Å². The number of amides is 2. The Hall–Kier alpha value is -3.29. The van der Waals surface area contributed by atoms with Crippen molar-refractivity contribution in [3.8, 4) is 0 Å². The van der Waals surface area contributed by atoms with E-state index in [4.69, 9.17) is 0 Å². The molecular weight excluding hydrogens is 300 g/mol. The van der Waals surface area contributed by atoms with Gasteiger partial charge < -0.3 is 10.2 Å². The van der Waals surface area contributed by atoms with E-state index < -0.39 is 4.92 Å². The molecule has 116 valence electrons. The van der Waals surface area contributed by atoms with Crippen molar-refractivity contribution in [2.45, 2.75) is 6.42 Å². The van der Waals surface area contributed by atoms with Gasteiger partial charge in [-0.3, -0.25) is 24.7 Å². The number of para-hydroxylation sites is 1. The fourth-order valence-electron chi connectivity index (χ4n) is 2.46. The summed E-state index contributed by atoms with van der Waals surface area (Å²) in [5.74, 6) is -0.719. The second kappa shape index (κ2) is 5.84. The molecule has 0 spiro atoms. The first-order valence-electron chi connectivity index (χ1n) is 6.83. The van der Waals surface area contributed by atoms with Gasteiger partial charge in [0.2, 0.25) is 11.8 Å². The summed E-state index contributed by atoms with van der Waals surface area (Å²) in [6.07, 6.45) is 2.81. The van der Waals surface area contributed by atoms with Crippen LogP contribution in [0, 0.1) is 10.1 Å². The molecule has 1 aromatic carbocycles. The number of hydrogen-bond donors (Lipinski definition) is 1. The SMILES string of the molecule is O=C1CN(C(=O)Cc2ccccc2[N+](=O)[O-])c2ccncc2N1. The Kier molecular flexibility index (Phi) is 3.71. The minimum absolute atomic E-state index is 0.114. The summed E-state index contributed by atoms with van der Waals surface area (Å²) in [6.45, 7) is -0.128. The zero-order valence-corrected chi connectivity index (χ0v) is 11.9. The van der Waals surface area contributed by atoms with Gasteiger partial charge in [0.15, 0.2) is 0 Å². The molecule has 0 saturated carbocycles. The number of nitro groups is 1. The molecule has 1 N–H and O–H groups in total. The van der Waals surface area contributed by atoms with Crippen LogP contribution in [0.25, 0.3) is 0 Å². The first-order chi connectivity index (χ1) is 11.1. The van der Waals surface area contributed by atoms with Gasteiger partial charge in [-0.2, -0.15) is 0 Å². The maximum absolute atomic E-state index is 12.6. The molecule has 0 bridgehead atoms. The van der Waals surface area contributed by atoms with E-state index in [9.17, 15) is 19.7 Å². The molecule has 1 aromatic heterocycles. The fraction of sp³-hybridized carbons (Fsp3) is 0.133. The molecule has 0 saturated heterocycles. The number of hydrogen-bond acceptors (Lipinski definition) is 5. The normalized spacial score (nSPS) is 13.2. The molecule has 1 aliphatic rings. The molecular formula is C15H12N4O4. The Bertz CT molecular complexity index is 806. The summed E-state index contributed by atoms with van der Waals surface area (Å²) < 4.78 is 0. The third-order valence-corrected chi connectivity index (χ3v) is 3.50. The quantitative estimate of drug-likeness (QED) is 0.683. The summed E-state index contributed by atoms with van der Waals surface area (Å²) in [7, 11) is 0. The molecule has 1 aliphatic heterocycles. The fourth-order valence-corrected chi connectivity index (χ4v) is 2.46. The van der Waals surface area contributed by atoms with Crippen LogP contribution in [0.15, 0.2) is 42.7 Å². The maximum Gasteiger partial charge on any atom is 0.273 e. The predicted octanol–water partition coefficient (Wildman–Crippen LogP) is 1.52. The van der Waals surface area contributed by atoms with Crippen molar-refractivity contribution in [2.75, 3.05) is 16.8 Å². The van der Waals surface area contributed by atoms with Crippen LogP contribution in [0.5, 0.6) is 0 Å². The highest BCUT2D eigenvalue weighted by Gasteiger charge is 2.28. The van der Waals surface area contributed by atoms with Crippen LogP contribution in [0.3, 0.4) is 0 Å². The highest BCUT2D eigenvalue weighted by molar-refractivity contribution is 6.10. The Morgan fingerprint density at radius 1 is 1.35 bits per heavy atom. The molecule has 23 heavy (non-hydrogen) atoms. The average Bonchev–Trinajstić information content (AvgIpc) is 2.54. The highest BCUT2D eigenvalue weighted by Crippen LogP contribution is 2.29. The van der Waals surface area contributed by atoms with Crippen molar-refractivity contribution >= 4 is 28.9 Å². The van der Waals surface area contributed by atoms with E-state index in [1.165, 1.54) is 29.4 Å². The molecule has 2 heterocycles. The first kappa shape index (κ1) is 14.6. The van der Waals surface area contributed by atoms with Gasteiger partial charge in [0, 0.05) is 17.8 Å². The Labute approximate surface area is 130 Å². The molecule has 2 amide bonds. The first-order valence-corrected chi connectivity index (χ1v) is 6.83. The smallest absolute Gasteiger partial charge is 0.273 e. The Morgan fingerprint density at radius 2 is 2.13 bits per heavy atom. The standard InChI is InChI=1S/C15H12N4O4/c20-14-9-18(13-5-6-16-8-11(13)17-14)15(21)7-10-3-1-2-4-12(10)19(22)23/h1-6,8H,7,9H2,(H,17,20). The number of pyridine rings is 1. The monoisotopic (exact) mass is 312 g/mol. The number of nitrogens with one attached hydrogen (secondary N) is 1. The van der Waals surface area contributed by atoms with E-state index in [1.54, 1.807) is 18.2 Å². The molecule has 0 atom stereocenters. The minimum Gasteiger partial charge on any atom is -0.321 e. The number of aromatic nitrogens is 1. The molecule has 8 nitrogen and oxygen atoms in total. The van der Waals surface area contributed by atoms with Crippen LogP contribution >= 0.6 is 0 Å². The second-order valence-corrected chi connectivity index (χ2v) is 4.98. The molecule has 0 fully saturated rings. The number of nitro benzene ring substituents is 1. The number of fused-ring (bicyclic) bond motifs is 1. The zero-order valence-electron chi connectivity index (χ0n) is 11.9. The van der Waals surface area contributed by atoms with Gasteiger partial charge in [-0.15, -0.1) is 0 Å². The van der Waals surface area contributed by atoms with E-state index in [0.29, 0.717) is 16.9 Å². The summed E-state index contributed by atoms with van der Waals surface area (Å²) in [4.78, 5) is 40.0. The van der Waals surface area contributed by atoms with Crippen molar-refractivity contribution in [2.24, 2.45) is 0 Å². The van der Waals surface area contributed by atoms with Gasteiger partial charge in [-0.25, -0.2) is 0 Å². The Balaban J connectivity index is 1.90. The van der Waals surface area contributed by atoms with Gasteiger partial charge >= 0.3 is 0 Å². The van der Waals surface area contributed by atoms with Crippen molar-refractivity contribution < 1.29 is 14.5 Å². The molecule has 2 aromatic rings. The van der Waals surface area contributed by atoms with Crippen LogP contribution in [0.4, 0.5) is 17.1 Å². The van der Waals surface area contributed by atoms with Crippen LogP contribution in [0.1, 0.15) is 5.56 Å².